The molecule has 43 heavy (non-hydrogen) atoms. The molecule has 1 saturated heterocycles. The van der Waals surface area contributed by atoms with Gasteiger partial charge in [-0.15, -0.1) is 0 Å². The van der Waals surface area contributed by atoms with Crippen LogP contribution in [0.2, 0.25) is 10.0 Å². The van der Waals surface area contributed by atoms with Crippen molar-refractivity contribution in [1.29, 1.82) is 0 Å². The predicted molar refractivity (Wildman–Crippen MR) is 173 cm³/mol. The Balaban J connectivity index is 1.62. The van der Waals surface area contributed by atoms with E-state index in [1.54, 1.807) is 12.1 Å². The van der Waals surface area contributed by atoms with Crippen molar-refractivity contribution in [1.82, 2.24) is 9.88 Å². The van der Waals surface area contributed by atoms with Crippen molar-refractivity contribution in [2.75, 3.05) is 12.9 Å². The normalized spacial score (nSPS) is 23.2. The number of nitrogens with zero attached hydrogens (tertiary/aromatic N) is 2. The number of rotatable bonds is 9. The second-order valence-electron chi connectivity index (χ2n) is 12.6. The van der Waals surface area contributed by atoms with Gasteiger partial charge in [-0.05, 0) is 73.2 Å². The first-order valence-electron chi connectivity index (χ1n) is 14.6. The first kappa shape index (κ1) is 31.8. The molecule has 3 aromatic rings. The van der Waals surface area contributed by atoms with E-state index in [2.05, 4.69) is 30.7 Å². The van der Waals surface area contributed by atoms with Crippen LogP contribution in [0.15, 0.2) is 66.9 Å². The van der Waals surface area contributed by atoms with Crippen LogP contribution in [0.1, 0.15) is 79.9 Å². The van der Waals surface area contributed by atoms with Crippen LogP contribution in [0.5, 0.6) is 0 Å². The van der Waals surface area contributed by atoms with Gasteiger partial charge in [-0.25, -0.2) is 4.79 Å². The Morgan fingerprint density at radius 3 is 2.40 bits per heavy atom. The van der Waals surface area contributed by atoms with Gasteiger partial charge in [0.15, 0.2) is 5.60 Å². The molecule has 9 heteroatoms. The maximum Gasteiger partial charge on any atom is 0.339 e. The zero-order valence-corrected chi connectivity index (χ0v) is 27.5. The number of esters is 1. The van der Waals surface area contributed by atoms with Crippen LogP contribution in [0.3, 0.4) is 0 Å². The Hall–Kier alpha value is -2.58. The summed E-state index contributed by atoms with van der Waals surface area (Å²) < 4.78 is 11.8. The molecular weight excluding hydrogens is 603 g/mol. The van der Waals surface area contributed by atoms with Crippen molar-refractivity contribution in [2.45, 2.75) is 75.5 Å². The average Bonchev–Trinajstić information content (AvgIpc) is 3.81. The minimum absolute atomic E-state index is 0.0111. The van der Waals surface area contributed by atoms with Gasteiger partial charge < -0.3 is 14.4 Å². The summed E-state index contributed by atoms with van der Waals surface area (Å²) in [6.45, 7) is 8.49. The van der Waals surface area contributed by atoms with E-state index >= 15 is 0 Å². The number of carbonyl (C=O) groups is 2. The van der Waals surface area contributed by atoms with Gasteiger partial charge >= 0.3 is 5.97 Å². The lowest BCUT2D eigenvalue weighted by atomic mass is 9.85. The molecule has 0 radical (unpaired) electrons. The first-order valence-corrected chi connectivity index (χ1v) is 16.3. The zero-order valence-electron chi connectivity index (χ0n) is 25.2. The molecule has 2 fully saturated rings. The summed E-state index contributed by atoms with van der Waals surface area (Å²) in [7, 11) is 1.34. The van der Waals surface area contributed by atoms with Crippen LogP contribution < -0.4 is 0 Å². The molecule has 1 aliphatic carbocycles. The molecule has 4 atom stereocenters. The Morgan fingerprint density at radius 2 is 1.81 bits per heavy atom. The maximum absolute atomic E-state index is 14.9. The number of thioether (sulfide) groups is 1. The number of ether oxygens (including phenoxy) is 2. The number of benzene rings is 2. The van der Waals surface area contributed by atoms with E-state index in [9.17, 15) is 9.59 Å². The van der Waals surface area contributed by atoms with E-state index in [-0.39, 0.29) is 23.1 Å². The van der Waals surface area contributed by atoms with Crippen molar-refractivity contribution < 1.29 is 19.1 Å². The highest BCUT2D eigenvalue weighted by Crippen LogP contribution is 2.51. The van der Waals surface area contributed by atoms with Crippen LogP contribution in [0, 0.1) is 5.92 Å². The van der Waals surface area contributed by atoms with Gasteiger partial charge in [0.25, 0.3) is 5.91 Å². The largest absolute Gasteiger partial charge is 0.465 e. The van der Waals surface area contributed by atoms with E-state index < -0.39 is 23.7 Å². The number of aromatic nitrogens is 1. The number of halogens is 2. The van der Waals surface area contributed by atoms with E-state index in [1.807, 2.05) is 67.2 Å². The molecule has 1 saturated carbocycles. The number of hydrogen-bond acceptors (Lipinski definition) is 6. The van der Waals surface area contributed by atoms with Gasteiger partial charge in [0.1, 0.15) is 6.10 Å². The number of carbonyl (C=O) groups excluding carboxylic acids is 2. The topological polar surface area (TPSA) is 68.7 Å². The number of hydrogen-bond donors (Lipinski definition) is 0. The van der Waals surface area contributed by atoms with Crippen LogP contribution in [-0.2, 0) is 20.7 Å². The summed E-state index contributed by atoms with van der Waals surface area (Å²) in [6.07, 6.45) is 3.38. The summed E-state index contributed by atoms with van der Waals surface area (Å²) in [5.74, 6) is 0.690. The van der Waals surface area contributed by atoms with Gasteiger partial charge in [-0.3, -0.25) is 9.78 Å². The van der Waals surface area contributed by atoms with Gasteiger partial charge in [0, 0.05) is 44.9 Å². The predicted octanol–water partition coefficient (Wildman–Crippen LogP) is 8.13. The Kier molecular flexibility index (Phi) is 9.48. The van der Waals surface area contributed by atoms with Crippen LogP contribution in [0.4, 0.5) is 0 Å². The van der Waals surface area contributed by atoms with Gasteiger partial charge in [-0.2, -0.15) is 11.8 Å². The monoisotopic (exact) mass is 640 g/mol. The van der Waals surface area contributed by atoms with Crippen LogP contribution >= 0.6 is 35.0 Å². The highest BCUT2D eigenvalue weighted by atomic mass is 35.5. The minimum atomic E-state index is -1.23. The lowest BCUT2D eigenvalue weighted by Crippen LogP contribution is -2.62. The number of pyridine rings is 1. The van der Waals surface area contributed by atoms with E-state index in [4.69, 9.17) is 32.7 Å². The molecule has 2 heterocycles. The summed E-state index contributed by atoms with van der Waals surface area (Å²) in [5.41, 5.74) is 1.61. The molecule has 2 aliphatic rings. The highest BCUT2D eigenvalue weighted by molar-refractivity contribution is 8.00. The second kappa shape index (κ2) is 12.8. The summed E-state index contributed by atoms with van der Waals surface area (Å²) in [5, 5.41) is 1.23. The average molecular weight is 642 g/mol. The zero-order chi connectivity index (χ0) is 30.9. The Morgan fingerprint density at radius 1 is 1.09 bits per heavy atom. The highest BCUT2D eigenvalue weighted by Gasteiger charge is 2.55. The molecule has 1 amide bonds. The molecule has 0 N–H and O–H groups in total. The Bertz CT molecular complexity index is 1460. The third-order valence-corrected chi connectivity index (χ3v) is 9.89. The van der Waals surface area contributed by atoms with E-state index in [0.29, 0.717) is 27.2 Å². The fraction of sp³-hybridized carbons (Fsp3) is 0.441. The standard InChI is InChI=1S/C34H38Cl2N2O4S/c1-33(2,3)43-20-28(21-9-10-21)38-29(22-11-14-25(35)15-12-22)30(23-7-6-8-26(36)17-23)42-34(4,32(38)40)18-27-16-13-24(19-37-27)31(39)41-5/h6-8,11-17,19,21,28-30H,9-10,18,20H2,1-5H3/t28-,29-,30-,34-/m1/s1. The molecule has 2 aromatic carbocycles. The Labute approximate surface area is 268 Å². The van der Waals surface area contributed by atoms with Gasteiger partial charge in [0.05, 0.1) is 18.7 Å². The quantitative estimate of drug-likeness (QED) is 0.220. The number of morpholine rings is 1. The van der Waals surface area contributed by atoms with Gasteiger partial charge in [-0.1, -0.05) is 68.2 Å². The van der Waals surface area contributed by atoms with Crippen molar-refractivity contribution in [3.05, 3.63) is 99.3 Å². The molecule has 6 nitrogen and oxygen atoms in total. The molecule has 0 spiro atoms. The summed E-state index contributed by atoms with van der Waals surface area (Å²) >= 11 is 14.7. The molecule has 228 valence electrons. The second-order valence-corrected chi connectivity index (χ2v) is 15.3. The molecule has 0 unspecified atom stereocenters. The first-order chi connectivity index (χ1) is 20.4. The van der Waals surface area contributed by atoms with Crippen molar-refractivity contribution >= 4 is 46.8 Å². The number of methoxy groups -OCH3 is 1. The number of amides is 1. The lowest BCUT2D eigenvalue weighted by Gasteiger charge is -2.52. The fourth-order valence-electron chi connectivity index (χ4n) is 5.72. The van der Waals surface area contributed by atoms with E-state index in [1.165, 1.54) is 13.3 Å². The van der Waals surface area contributed by atoms with Gasteiger partial charge in [0.2, 0.25) is 0 Å². The van der Waals surface area contributed by atoms with Crippen molar-refractivity contribution in [2.24, 2.45) is 5.92 Å². The van der Waals surface area contributed by atoms with Crippen molar-refractivity contribution in [3.8, 4) is 0 Å². The van der Waals surface area contributed by atoms with Crippen LogP contribution in [0.25, 0.3) is 0 Å². The summed E-state index contributed by atoms with van der Waals surface area (Å²) in [4.78, 5) is 33.5. The third-order valence-electron chi connectivity index (χ3n) is 8.02. The van der Waals surface area contributed by atoms with Crippen LogP contribution in [-0.4, -0.2) is 51.0 Å². The fourth-order valence-corrected chi connectivity index (χ4v) is 7.15. The van der Waals surface area contributed by atoms with Crippen molar-refractivity contribution in [3.63, 3.8) is 0 Å². The van der Waals surface area contributed by atoms with E-state index in [0.717, 1.165) is 29.7 Å². The molecule has 5 rings (SSSR count). The minimum Gasteiger partial charge on any atom is -0.465 e. The smallest absolute Gasteiger partial charge is 0.339 e. The lowest BCUT2D eigenvalue weighted by molar-refractivity contribution is -0.202. The molecule has 1 aromatic heterocycles. The molecular formula is C34H38Cl2N2O4S. The molecule has 1 aliphatic heterocycles. The molecule has 0 bridgehead atoms. The SMILES string of the molecule is COC(=O)c1ccc(C[C@@]2(C)O[C@H](c3cccc(Cl)c3)[C@@H](c3ccc(Cl)cc3)N([C@H](CSC(C)(C)C)C3CC3)C2=O)nc1. The summed E-state index contributed by atoms with van der Waals surface area (Å²) in [6, 6.07) is 18.4. The maximum atomic E-state index is 14.9. The third kappa shape index (κ3) is 7.39.